The summed E-state index contributed by atoms with van der Waals surface area (Å²) in [6.45, 7) is 1.17. The molecule has 2 aliphatic heterocycles. The predicted molar refractivity (Wildman–Crippen MR) is 92.6 cm³/mol. The predicted octanol–water partition coefficient (Wildman–Crippen LogP) is 0.495. The Bertz CT molecular complexity index is 830. The van der Waals surface area contributed by atoms with E-state index in [2.05, 4.69) is 20.1 Å². The zero-order valence-corrected chi connectivity index (χ0v) is 14.3. The fraction of sp³-hybridized carbons (Fsp3) is 0.294. The van der Waals surface area contributed by atoms with E-state index in [1.807, 2.05) is 12.1 Å². The highest BCUT2D eigenvalue weighted by molar-refractivity contribution is 6.01. The molecule has 0 spiro atoms. The van der Waals surface area contributed by atoms with Gasteiger partial charge in [-0.05, 0) is 5.56 Å². The molecule has 0 amide bonds. The minimum atomic E-state index is -1.04. The van der Waals surface area contributed by atoms with Crippen LogP contribution in [0.25, 0.3) is 0 Å². The molecule has 9 nitrogen and oxygen atoms in total. The number of aliphatic hydroxyl groups is 1. The molecular formula is C17H18N4O5. The first-order chi connectivity index (χ1) is 12.6. The molecule has 9 heteroatoms. The maximum absolute atomic E-state index is 12.5. The van der Waals surface area contributed by atoms with Crippen molar-refractivity contribution in [3.63, 3.8) is 0 Å². The molecular weight excluding hydrogens is 340 g/mol. The first kappa shape index (κ1) is 17.5. The first-order valence-electron chi connectivity index (χ1n) is 7.88. The summed E-state index contributed by atoms with van der Waals surface area (Å²) < 4.78 is 9.37. The fourth-order valence-corrected chi connectivity index (χ4v) is 2.85. The van der Waals surface area contributed by atoms with E-state index in [9.17, 15) is 14.7 Å². The highest BCUT2D eigenvalue weighted by atomic mass is 16.5. The maximum atomic E-state index is 12.5. The summed E-state index contributed by atoms with van der Waals surface area (Å²) in [5.41, 5.74) is 1.13. The molecule has 0 radical (unpaired) electrons. The van der Waals surface area contributed by atoms with Gasteiger partial charge in [0.05, 0.1) is 27.0 Å². The molecule has 136 valence electrons. The van der Waals surface area contributed by atoms with Crippen molar-refractivity contribution in [1.82, 2.24) is 10.3 Å². The second-order valence-corrected chi connectivity index (χ2v) is 5.50. The number of carbonyl (C=O) groups is 2. The molecule has 0 aromatic heterocycles. The van der Waals surface area contributed by atoms with E-state index in [0.717, 1.165) is 12.7 Å². The molecule has 1 atom stereocenters. The van der Waals surface area contributed by atoms with Crippen molar-refractivity contribution in [2.75, 3.05) is 27.3 Å². The molecule has 2 heterocycles. The number of carbonyl (C=O) groups excluding carboxylic acids is 2. The number of esters is 2. The standard InChI is InChI=1S/C17H18N4O5/c1-25-15(23)12(14(22)16(24)26-2)13-11-6-4-3-5-10(11)9-20-21(13)17-18-7-8-19-17/h3-6,9,13,22H,7-8H2,1-2H3,(H,18,19)/b14-12+. The van der Waals surface area contributed by atoms with Crippen molar-refractivity contribution < 1.29 is 24.2 Å². The van der Waals surface area contributed by atoms with Crippen molar-refractivity contribution >= 4 is 24.1 Å². The van der Waals surface area contributed by atoms with Crippen molar-refractivity contribution in [1.29, 1.82) is 0 Å². The van der Waals surface area contributed by atoms with E-state index < -0.39 is 23.7 Å². The molecule has 1 aromatic carbocycles. The molecule has 1 aromatic rings. The number of benzene rings is 1. The third-order valence-electron chi connectivity index (χ3n) is 4.04. The van der Waals surface area contributed by atoms with E-state index >= 15 is 0 Å². The maximum Gasteiger partial charge on any atom is 0.373 e. The Morgan fingerprint density at radius 3 is 2.62 bits per heavy atom. The van der Waals surface area contributed by atoms with Crippen LogP contribution in [0.3, 0.4) is 0 Å². The molecule has 1 unspecified atom stereocenters. The number of aliphatic imine (C=N–C) groups is 1. The smallest absolute Gasteiger partial charge is 0.373 e. The number of aliphatic hydroxyl groups excluding tert-OH is 1. The average Bonchev–Trinajstić information content (AvgIpc) is 3.21. The number of nitrogens with one attached hydrogen (secondary N) is 1. The Hall–Kier alpha value is -3.36. The summed E-state index contributed by atoms with van der Waals surface area (Å²) in [5, 5.41) is 19.2. The highest BCUT2D eigenvalue weighted by Gasteiger charge is 2.39. The van der Waals surface area contributed by atoms with Gasteiger partial charge in [-0.2, -0.15) is 5.10 Å². The molecule has 26 heavy (non-hydrogen) atoms. The van der Waals surface area contributed by atoms with Gasteiger partial charge >= 0.3 is 11.9 Å². The Morgan fingerprint density at radius 1 is 1.23 bits per heavy atom. The third kappa shape index (κ3) is 2.99. The number of hydrogen-bond donors (Lipinski definition) is 2. The van der Waals surface area contributed by atoms with Crippen molar-refractivity contribution in [2.45, 2.75) is 6.04 Å². The summed E-state index contributed by atoms with van der Waals surface area (Å²) in [5.74, 6) is -2.31. The summed E-state index contributed by atoms with van der Waals surface area (Å²) in [6, 6.07) is 6.30. The van der Waals surface area contributed by atoms with E-state index in [1.165, 1.54) is 12.1 Å². The van der Waals surface area contributed by atoms with Gasteiger partial charge in [-0.15, -0.1) is 0 Å². The lowest BCUT2D eigenvalue weighted by Crippen LogP contribution is -2.42. The van der Waals surface area contributed by atoms with Gasteiger partial charge in [0.15, 0.2) is 0 Å². The number of fused-ring (bicyclic) bond motifs is 1. The van der Waals surface area contributed by atoms with Crippen LogP contribution in [0.15, 0.2) is 45.7 Å². The average molecular weight is 358 g/mol. The zero-order chi connectivity index (χ0) is 18.7. The first-order valence-corrected chi connectivity index (χ1v) is 7.88. The summed E-state index contributed by atoms with van der Waals surface area (Å²) in [4.78, 5) is 28.7. The van der Waals surface area contributed by atoms with E-state index in [4.69, 9.17) is 4.74 Å². The van der Waals surface area contributed by atoms with Gasteiger partial charge in [0.25, 0.3) is 0 Å². The van der Waals surface area contributed by atoms with Crippen molar-refractivity contribution in [3.05, 3.63) is 46.7 Å². The van der Waals surface area contributed by atoms with Crippen LogP contribution in [-0.4, -0.2) is 61.5 Å². The monoisotopic (exact) mass is 358 g/mol. The summed E-state index contributed by atoms with van der Waals surface area (Å²) in [6.07, 6.45) is 1.62. The number of guanidine groups is 1. The second-order valence-electron chi connectivity index (χ2n) is 5.50. The zero-order valence-electron chi connectivity index (χ0n) is 14.3. The molecule has 0 saturated heterocycles. The number of methoxy groups -OCH3 is 2. The number of ether oxygens (including phenoxy) is 2. The molecule has 3 rings (SSSR count). The second kappa shape index (κ2) is 7.26. The molecule has 0 bridgehead atoms. The number of hydrogen-bond acceptors (Lipinski definition) is 9. The third-order valence-corrected chi connectivity index (χ3v) is 4.04. The summed E-state index contributed by atoms with van der Waals surface area (Å²) in [7, 11) is 2.28. The molecule has 2 aliphatic rings. The molecule has 2 N–H and O–H groups in total. The van der Waals surface area contributed by atoms with Gasteiger partial charge in [-0.1, -0.05) is 24.3 Å². The highest BCUT2D eigenvalue weighted by Crippen LogP contribution is 2.36. The normalized spacial score (nSPS) is 19.1. The Kier molecular flexibility index (Phi) is 4.87. The van der Waals surface area contributed by atoms with Crippen LogP contribution in [0.1, 0.15) is 17.2 Å². The number of rotatable bonds is 3. The van der Waals surface area contributed by atoms with Gasteiger partial charge in [-0.25, -0.2) is 19.6 Å². The van der Waals surface area contributed by atoms with Gasteiger partial charge in [0.1, 0.15) is 11.6 Å². The Balaban J connectivity index is 2.21. The molecule has 0 saturated carbocycles. The van der Waals surface area contributed by atoms with Gasteiger partial charge in [-0.3, -0.25) is 0 Å². The lowest BCUT2D eigenvalue weighted by Gasteiger charge is -2.33. The van der Waals surface area contributed by atoms with Crippen LogP contribution in [0, 0.1) is 0 Å². The Labute approximate surface area is 149 Å². The van der Waals surface area contributed by atoms with Crippen LogP contribution in [0.2, 0.25) is 0 Å². The van der Waals surface area contributed by atoms with Crippen LogP contribution in [-0.2, 0) is 19.1 Å². The largest absolute Gasteiger partial charge is 0.501 e. The van der Waals surface area contributed by atoms with E-state index in [1.54, 1.807) is 18.3 Å². The molecule has 0 fully saturated rings. The fourth-order valence-electron chi connectivity index (χ4n) is 2.85. The lowest BCUT2D eigenvalue weighted by atomic mass is 9.92. The van der Waals surface area contributed by atoms with Crippen LogP contribution < -0.4 is 5.32 Å². The van der Waals surface area contributed by atoms with E-state index in [0.29, 0.717) is 24.6 Å². The van der Waals surface area contributed by atoms with Crippen LogP contribution >= 0.6 is 0 Å². The van der Waals surface area contributed by atoms with E-state index in [-0.39, 0.29) is 5.57 Å². The molecule has 0 aliphatic carbocycles. The Morgan fingerprint density at radius 2 is 1.96 bits per heavy atom. The minimum absolute atomic E-state index is 0.278. The van der Waals surface area contributed by atoms with Crippen molar-refractivity contribution in [2.24, 2.45) is 10.1 Å². The number of hydrazone groups is 1. The van der Waals surface area contributed by atoms with Gasteiger partial charge in [0.2, 0.25) is 11.7 Å². The minimum Gasteiger partial charge on any atom is -0.501 e. The number of nitrogens with zero attached hydrogens (tertiary/aromatic N) is 3. The lowest BCUT2D eigenvalue weighted by molar-refractivity contribution is -0.142. The van der Waals surface area contributed by atoms with Crippen LogP contribution in [0.5, 0.6) is 0 Å². The van der Waals surface area contributed by atoms with Crippen LogP contribution in [0.4, 0.5) is 0 Å². The SMILES string of the molecule is COC(=O)/C(O)=C(\C(=O)OC)C1c2ccccc2C=NN1C1=NCCN1. The topological polar surface area (TPSA) is 113 Å². The quantitative estimate of drug-likeness (QED) is 0.459. The van der Waals surface area contributed by atoms with Crippen molar-refractivity contribution in [3.8, 4) is 0 Å². The van der Waals surface area contributed by atoms with Gasteiger partial charge in [0, 0.05) is 12.1 Å². The summed E-state index contributed by atoms with van der Waals surface area (Å²) >= 11 is 0. The van der Waals surface area contributed by atoms with Gasteiger partial charge < -0.3 is 19.9 Å².